The van der Waals surface area contributed by atoms with Crippen molar-refractivity contribution < 1.29 is 0 Å². The standard InChI is InChI=1S/C50H32N4/c1-3-11-31(12-4-1)41-29-25-35-23-27-39-45(37-15-7-9-17-43(37)53-49(39)47(35)51-41)33-19-21-34(22-20-33)46-38-16-8-10-18-44(38)54-50-40(46)28-24-36-26-30-42(52-48(36)50)32-13-5-2-6-14-32/h1-30,43,53H. The van der Waals surface area contributed by atoms with E-state index in [1.165, 1.54) is 22.3 Å². The van der Waals surface area contributed by atoms with Crippen LogP contribution in [-0.4, -0.2) is 21.0 Å². The summed E-state index contributed by atoms with van der Waals surface area (Å²) >= 11 is 0. The molecule has 6 aromatic carbocycles. The van der Waals surface area contributed by atoms with Gasteiger partial charge in [0.15, 0.2) is 0 Å². The SMILES string of the molecule is C1=CC2=C(c3ccc(-c4c5ccccc5nc5c4ccc4ccc(-c6ccccc6)nc45)cc3)c3ccc4ccc(-c5ccccc5)nc4c3NC2C=C1. The number of nitrogens with one attached hydrogen (secondary N) is 1. The molecule has 1 aliphatic carbocycles. The molecule has 0 saturated heterocycles. The molecule has 54 heavy (non-hydrogen) atoms. The summed E-state index contributed by atoms with van der Waals surface area (Å²) in [5, 5.41) is 8.26. The van der Waals surface area contributed by atoms with Gasteiger partial charge in [-0.1, -0.05) is 164 Å². The summed E-state index contributed by atoms with van der Waals surface area (Å²) in [6, 6.07) is 55.8. The van der Waals surface area contributed by atoms with Crippen molar-refractivity contribution in [3.63, 3.8) is 0 Å². The summed E-state index contributed by atoms with van der Waals surface area (Å²) in [5.74, 6) is 0. The number of rotatable bonds is 4. The Kier molecular flexibility index (Phi) is 6.89. The van der Waals surface area contributed by atoms with Gasteiger partial charge in [-0.05, 0) is 40.5 Å². The van der Waals surface area contributed by atoms with Gasteiger partial charge in [-0.15, -0.1) is 0 Å². The third-order valence-electron chi connectivity index (χ3n) is 10.9. The molecule has 4 heterocycles. The van der Waals surface area contributed by atoms with Crippen LogP contribution in [0.3, 0.4) is 0 Å². The second-order valence-electron chi connectivity index (χ2n) is 14.0. The highest BCUT2D eigenvalue weighted by molar-refractivity contribution is 6.16. The van der Waals surface area contributed by atoms with E-state index >= 15 is 0 Å². The first-order chi connectivity index (χ1) is 26.8. The minimum Gasteiger partial charge on any atom is -0.372 e. The van der Waals surface area contributed by atoms with Crippen molar-refractivity contribution in [2.24, 2.45) is 0 Å². The van der Waals surface area contributed by atoms with E-state index < -0.39 is 0 Å². The van der Waals surface area contributed by atoms with E-state index in [2.05, 4.69) is 175 Å². The zero-order valence-corrected chi connectivity index (χ0v) is 29.2. The quantitative estimate of drug-likeness (QED) is 0.148. The number of hydrogen-bond donors (Lipinski definition) is 1. The molecule has 11 rings (SSSR count). The summed E-state index contributed by atoms with van der Waals surface area (Å²) in [5.41, 5.74) is 16.1. The van der Waals surface area contributed by atoms with Gasteiger partial charge >= 0.3 is 0 Å². The van der Waals surface area contributed by atoms with Crippen LogP contribution in [-0.2, 0) is 0 Å². The Balaban J connectivity index is 1.08. The summed E-state index contributed by atoms with van der Waals surface area (Å²) < 4.78 is 0. The van der Waals surface area contributed by atoms with Crippen LogP contribution in [0.1, 0.15) is 11.1 Å². The number of benzene rings is 6. The fourth-order valence-corrected chi connectivity index (χ4v) is 8.27. The first-order valence-corrected chi connectivity index (χ1v) is 18.4. The van der Waals surface area contributed by atoms with Crippen molar-refractivity contribution in [3.05, 3.63) is 199 Å². The summed E-state index contributed by atoms with van der Waals surface area (Å²) in [7, 11) is 0. The summed E-state index contributed by atoms with van der Waals surface area (Å²) in [4.78, 5) is 15.7. The summed E-state index contributed by atoms with van der Waals surface area (Å²) in [6.45, 7) is 0. The number of anilines is 1. The van der Waals surface area contributed by atoms with Gasteiger partial charge in [-0.2, -0.15) is 0 Å². The Morgan fingerprint density at radius 2 is 1.07 bits per heavy atom. The lowest BCUT2D eigenvalue weighted by atomic mass is 9.82. The second kappa shape index (κ2) is 12.2. The van der Waals surface area contributed by atoms with Crippen LogP contribution in [0.5, 0.6) is 0 Å². The Hall–Kier alpha value is -7.17. The van der Waals surface area contributed by atoms with Gasteiger partial charge < -0.3 is 5.32 Å². The second-order valence-corrected chi connectivity index (χ2v) is 14.0. The molecule has 0 amide bonds. The molecule has 1 atom stereocenters. The van der Waals surface area contributed by atoms with Crippen molar-refractivity contribution in [3.8, 4) is 33.6 Å². The molecule has 1 unspecified atom stereocenters. The fourth-order valence-electron chi connectivity index (χ4n) is 8.27. The molecule has 1 N–H and O–H groups in total. The Morgan fingerprint density at radius 3 is 1.83 bits per heavy atom. The lowest BCUT2D eigenvalue weighted by Gasteiger charge is -2.31. The van der Waals surface area contributed by atoms with Gasteiger partial charge in [0.25, 0.3) is 0 Å². The molecule has 252 valence electrons. The van der Waals surface area contributed by atoms with Gasteiger partial charge in [0.2, 0.25) is 0 Å². The molecule has 1 aliphatic heterocycles. The molecule has 9 aromatic rings. The van der Waals surface area contributed by atoms with Crippen LogP contribution in [0, 0.1) is 0 Å². The molecule has 0 spiro atoms. The highest BCUT2D eigenvalue weighted by Crippen LogP contribution is 2.44. The van der Waals surface area contributed by atoms with Crippen molar-refractivity contribution >= 4 is 54.9 Å². The van der Waals surface area contributed by atoms with E-state index in [1.807, 2.05) is 12.1 Å². The summed E-state index contributed by atoms with van der Waals surface area (Å²) in [6.07, 6.45) is 8.75. The topological polar surface area (TPSA) is 50.7 Å². The van der Waals surface area contributed by atoms with E-state index in [-0.39, 0.29) is 6.04 Å². The van der Waals surface area contributed by atoms with Gasteiger partial charge in [-0.25, -0.2) is 15.0 Å². The van der Waals surface area contributed by atoms with E-state index in [9.17, 15) is 0 Å². The largest absolute Gasteiger partial charge is 0.372 e. The maximum Gasteiger partial charge on any atom is 0.0978 e. The van der Waals surface area contributed by atoms with Crippen LogP contribution < -0.4 is 5.32 Å². The highest BCUT2D eigenvalue weighted by atomic mass is 15.0. The van der Waals surface area contributed by atoms with E-state index in [1.54, 1.807) is 0 Å². The molecule has 4 nitrogen and oxygen atoms in total. The van der Waals surface area contributed by atoms with Crippen LogP contribution in [0.4, 0.5) is 5.69 Å². The molecule has 3 aromatic heterocycles. The number of pyridine rings is 3. The molecule has 0 fully saturated rings. The molecular formula is C50H32N4. The average Bonchev–Trinajstić information content (AvgIpc) is 3.25. The minimum absolute atomic E-state index is 0.0413. The predicted octanol–water partition coefficient (Wildman–Crippen LogP) is 12.2. The Labute approximate surface area is 312 Å². The molecular weight excluding hydrogens is 657 g/mol. The number of hydrogen-bond acceptors (Lipinski definition) is 4. The molecule has 0 radical (unpaired) electrons. The van der Waals surface area contributed by atoms with Crippen LogP contribution >= 0.6 is 0 Å². The number of aromatic nitrogens is 3. The fraction of sp³-hybridized carbons (Fsp3) is 0.0200. The van der Waals surface area contributed by atoms with Crippen LogP contribution in [0.2, 0.25) is 0 Å². The highest BCUT2D eigenvalue weighted by Gasteiger charge is 2.28. The minimum atomic E-state index is 0.0413. The average molecular weight is 689 g/mol. The third kappa shape index (κ3) is 4.88. The number of allylic oxidation sites excluding steroid dienone is 2. The van der Waals surface area contributed by atoms with Crippen molar-refractivity contribution in [1.82, 2.24) is 15.0 Å². The lowest BCUT2D eigenvalue weighted by molar-refractivity contribution is 1.03. The van der Waals surface area contributed by atoms with E-state index in [0.717, 1.165) is 82.9 Å². The zero-order valence-electron chi connectivity index (χ0n) is 29.2. The number of fused-ring (bicyclic) bond motifs is 8. The first-order valence-electron chi connectivity index (χ1n) is 18.4. The number of nitrogens with zero attached hydrogens (tertiary/aromatic N) is 3. The third-order valence-corrected chi connectivity index (χ3v) is 10.9. The number of para-hydroxylation sites is 1. The first kappa shape index (κ1) is 30.5. The van der Waals surface area contributed by atoms with Gasteiger partial charge in [0.1, 0.15) is 0 Å². The van der Waals surface area contributed by atoms with E-state index in [4.69, 9.17) is 15.0 Å². The van der Waals surface area contributed by atoms with Crippen LogP contribution in [0.15, 0.2) is 188 Å². The Bertz CT molecular complexity index is 3050. The normalized spacial score (nSPS) is 14.8. The smallest absolute Gasteiger partial charge is 0.0978 e. The maximum absolute atomic E-state index is 5.24. The maximum atomic E-state index is 5.24. The molecule has 2 aliphatic rings. The van der Waals surface area contributed by atoms with Crippen molar-refractivity contribution in [1.29, 1.82) is 0 Å². The lowest BCUT2D eigenvalue weighted by Crippen LogP contribution is -2.26. The van der Waals surface area contributed by atoms with Gasteiger partial charge in [0, 0.05) is 43.8 Å². The van der Waals surface area contributed by atoms with Crippen molar-refractivity contribution in [2.75, 3.05) is 5.32 Å². The zero-order chi connectivity index (χ0) is 35.6. The monoisotopic (exact) mass is 688 g/mol. The Morgan fingerprint density at radius 1 is 0.444 bits per heavy atom. The van der Waals surface area contributed by atoms with Crippen molar-refractivity contribution in [2.45, 2.75) is 6.04 Å². The van der Waals surface area contributed by atoms with E-state index in [0.29, 0.717) is 0 Å². The predicted molar refractivity (Wildman–Crippen MR) is 224 cm³/mol. The molecule has 4 heteroatoms. The van der Waals surface area contributed by atoms with Crippen LogP contribution in [0.25, 0.3) is 82.8 Å². The molecule has 0 saturated carbocycles. The van der Waals surface area contributed by atoms with Gasteiger partial charge in [-0.3, -0.25) is 0 Å². The van der Waals surface area contributed by atoms with Gasteiger partial charge in [0.05, 0.1) is 45.2 Å². The molecule has 0 bridgehead atoms.